The number of hydrogen-bond acceptors (Lipinski definition) is 5. The van der Waals surface area contributed by atoms with Crippen LogP contribution in [0.5, 0.6) is 0 Å². The number of rotatable bonds is 4. The second-order valence-electron chi connectivity index (χ2n) is 3.76. The molecule has 0 radical (unpaired) electrons. The Bertz CT molecular complexity index is 608. The molecular weight excluding hydrogens is 280 g/mol. The highest BCUT2D eigenvalue weighted by molar-refractivity contribution is 8.00. The first kappa shape index (κ1) is 13.9. The van der Waals surface area contributed by atoms with Gasteiger partial charge in [-0.2, -0.15) is 0 Å². The Morgan fingerprint density at radius 1 is 1.26 bits per heavy atom. The largest absolute Gasteiger partial charge is 0.468 e. The summed E-state index contributed by atoms with van der Waals surface area (Å²) in [5.74, 6) is 0.971. The molecule has 1 aromatic heterocycles. The smallest absolute Gasteiger partial charge is 0.172 e. The molecule has 19 heavy (non-hydrogen) atoms. The normalized spacial score (nSPS) is 11.8. The van der Waals surface area contributed by atoms with Gasteiger partial charge in [-0.05, 0) is 31.4 Å². The van der Waals surface area contributed by atoms with Crippen LogP contribution in [0.25, 0.3) is 0 Å². The summed E-state index contributed by atoms with van der Waals surface area (Å²) in [6.45, 7) is 1.91. The van der Waals surface area contributed by atoms with Crippen molar-refractivity contribution in [2.45, 2.75) is 21.6 Å². The molecule has 3 N–H and O–H groups in total. The number of furan rings is 1. The topological polar surface area (TPSA) is 71.8 Å². The number of benzene rings is 1. The van der Waals surface area contributed by atoms with Crippen LogP contribution in [0, 0.1) is 6.92 Å². The fourth-order valence-electron chi connectivity index (χ4n) is 1.67. The molecule has 0 atom stereocenters. The van der Waals surface area contributed by atoms with Gasteiger partial charge in [0.25, 0.3) is 0 Å². The van der Waals surface area contributed by atoms with Gasteiger partial charge in [0.05, 0.1) is 11.2 Å². The number of nitrogens with zero attached hydrogens (tertiary/aromatic N) is 1. The fourth-order valence-corrected chi connectivity index (χ4v) is 3.38. The van der Waals surface area contributed by atoms with Gasteiger partial charge in [0.15, 0.2) is 5.84 Å². The minimum absolute atomic E-state index is 0.119. The molecule has 0 aliphatic rings. The lowest BCUT2D eigenvalue weighted by atomic mass is 10.2. The van der Waals surface area contributed by atoms with E-state index >= 15 is 0 Å². The average molecular weight is 294 g/mol. The van der Waals surface area contributed by atoms with Gasteiger partial charge in [-0.1, -0.05) is 23.0 Å². The van der Waals surface area contributed by atoms with E-state index in [1.165, 1.54) is 0 Å². The molecule has 1 aromatic carbocycles. The predicted octanol–water partition coefficient (Wildman–Crippen LogP) is 3.56. The highest BCUT2D eigenvalue weighted by Crippen LogP contribution is 2.36. The van der Waals surface area contributed by atoms with Crippen LogP contribution in [0.3, 0.4) is 0 Å². The molecule has 0 saturated heterocycles. The van der Waals surface area contributed by atoms with Gasteiger partial charge < -0.3 is 15.4 Å². The zero-order valence-electron chi connectivity index (χ0n) is 10.6. The van der Waals surface area contributed by atoms with Gasteiger partial charge in [0, 0.05) is 15.4 Å². The van der Waals surface area contributed by atoms with Crippen molar-refractivity contribution in [3.05, 3.63) is 41.9 Å². The van der Waals surface area contributed by atoms with Crippen molar-refractivity contribution in [2.75, 3.05) is 6.26 Å². The minimum Gasteiger partial charge on any atom is -0.468 e. The standard InChI is InChI=1S/C13H14N2O2S2/c1-8-9(6-7-17-8)19-11-5-3-4-10(18-2)12(11)13(14)15-16/h3-7,16H,1-2H3,(H2,14,15). The fraction of sp³-hybridized carbons (Fsp3) is 0.154. The van der Waals surface area contributed by atoms with Gasteiger partial charge in [-0.15, -0.1) is 11.8 Å². The second kappa shape index (κ2) is 6.08. The van der Waals surface area contributed by atoms with Crippen molar-refractivity contribution < 1.29 is 9.62 Å². The molecule has 0 bridgehead atoms. The summed E-state index contributed by atoms with van der Waals surface area (Å²) >= 11 is 3.10. The SMILES string of the molecule is CSc1cccc(Sc2ccoc2C)c1/C(N)=N/O. The predicted molar refractivity (Wildman–Crippen MR) is 78.3 cm³/mol. The second-order valence-corrected chi connectivity index (χ2v) is 5.69. The zero-order chi connectivity index (χ0) is 13.8. The average Bonchev–Trinajstić information content (AvgIpc) is 2.83. The number of nitrogens with two attached hydrogens (primary N) is 1. The van der Waals surface area contributed by atoms with Gasteiger partial charge in [-0.3, -0.25) is 0 Å². The number of aryl methyl sites for hydroxylation is 1. The Morgan fingerprint density at radius 2 is 2.00 bits per heavy atom. The van der Waals surface area contributed by atoms with E-state index in [-0.39, 0.29) is 5.84 Å². The van der Waals surface area contributed by atoms with Crippen LogP contribution in [-0.4, -0.2) is 17.3 Å². The molecule has 0 amide bonds. The van der Waals surface area contributed by atoms with Gasteiger partial charge in [0.2, 0.25) is 0 Å². The monoisotopic (exact) mass is 294 g/mol. The van der Waals surface area contributed by atoms with Gasteiger partial charge >= 0.3 is 0 Å². The third kappa shape index (κ3) is 2.90. The highest BCUT2D eigenvalue weighted by Gasteiger charge is 2.14. The Labute approximate surface area is 120 Å². The van der Waals surface area contributed by atoms with E-state index in [0.29, 0.717) is 0 Å². The minimum atomic E-state index is 0.119. The molecule has 0 aliphatic carbocycles. The lowest BCUT2D eigenvalue weighted by molar-refractivity contribution is 0.318. The van der Waals surface area contributed by atoms with Gasteiger partial charge in [-0.25, -0.2) is 0 Å². The third-order valence-electron chi connectivity index (χ3n) is 2.60. The number of oxime groups is 1. The van der Waals surface area contributed by atoms with Crippen molar-refractivity contribution in [2.24, 2.45) is 10.9 Å². The van der Waals surface area contributed by atoms with Crippen molar-refractivity contribution in [1.29, 1.82) is 0 Å². The molecule has 1 heterocycles. The molecule has 0 fully saturated rings. The summed E-state index contributed by atoms with van der Waals surface area (Å²) in [5.41, 5.74) is 6.54. The van der Waals surface area contributed by atoms with Crippen molar-refractivity contribution >= 4 is 29.4 Å². The van der Waals surface area contributed by atoms with Crippen molar-refractivity contribution in [3.8, 4) is 0 Å². The molecule has 2 aromatic rings. The van der Waals surface area contributed by atoms with E-state index in [0.717, 1.165) is 26.0 Å². The number of amidine groups is 1. The summed E-state index contributed by atoms with van der Waals surface area (Å²) < 4.78 is 5.28. The molecule has 4 nitrogen and oxygen atoms in total. The summed E-state index contributed by atoms with van der Waals surface area (Å²) in [6.07, 6.45) is 3.61. The van der Waals surface area contributed by atoms with E-state index in [1.807, 2.05) is 37.4 Å². The molecule has 0 aliphatic heterocycles. The molecule has 2 rings (SSSR count). The number of thioether (sulfide) groups is 1. The van der Waals surface area contributed by atoms with E-state index < -0.39 is 0 Å². The molecule has 0 unspecified atom stereocenters. The molecule has 100 valence electrons. The van der Waals surface area contributed by atoms with Crippen molar-refractivity contribution in [3.63, 3.8) is 0 Å². The summed E-state index contributed by atoms with van der Waals surface area (Å²) in [5, 5.41) is 12.1. The van der Waals surface area contributed by atoms with E-state index in [4.69, 9.17) is 15.4 Å². The first-order chi connectivity index (χ1) is 9.17. The van der Waals surface area contributed by atoms with Crippen LogP contribution in [0.15, 0.2) is 54.8 Å². The Hall–Kier alpha value is -1.53. The highest BCUT2D eigenvalue weighted by atomic mass is 32.2. The maximum atomic E-state index is 8.94. The van der Waals surface area contributed by atoms with Crippen LogP contribution >= 0.6 is 23.5 Å². The van der Waals surface area contributed by atoms with E-state index in [1.54, 1.807) is 29.8 Å². The van der Waals surface area contributed by atoms with Crippen LogP contribution in [0.4, 0.5) is 0 Å². The van der Waals surface area contributed by atoms with Crippen LogP contribution in [0.1, 0.15) is 11.3 Å². The number of hydrogen-bond donors (Lipinski definition) is 2. The Morgan fingerprint density at radius 3 is 2.58 bits per heavy atom. The van der Waals surface area contributed by atoms with Crippen LogP contribution in [-0.2, 0) is 0 Å². The quantitative estimate of drug-likeness (QED) is 0.296. The third-order valence-corrected chi connectivity index (χ3v) is 4.59. The summed E-state index contributed by atoms with van der Waals surface area (Å²) in [7, 11) is 0. The molecule has 0 saturated carbocycles. The first-order valence-electron chi connectivity index (χ1n) is 5.54. The maximum absolute atomic E-state index is 8.94. The Kier molecular flexibility index (Phi) is 4.44. The van der Waals surface area contributed by atoms with Gasteiger partial charge in [0.1, 0.15) is 5.76 Å². The zero-order valence-corrected chi connectivity index (χ0v) is 12.2. The lowest BCUT2D eigenvalue weighted by Gasteiger charge is -2.11. The Balaban J connectivity index is 2.48. The van der Waals surface area contributed by atoms with Crippen LogP contribution < -0.4 is 5.73 Å². The maximum Gasteiger partial charge on any atom is 0.172 e. The summed E-state index contributed by atoms with van der Waals surface area (Å²) in [6, 6.07) is 7.76. The molecule has 6 heteroatoms. The van der Waals surface area contributed by atoms with E-state index in [2.05, 4.69) is 5.16 Å². The van der Waals surface area contributed by atoms with Crippen LogP contribution in [0.2, 0.25) is 0 Å². The van der Waals surface area contributed by atoms with Crippen molar-refractivity contribution in [1.82, 2.24) is 0 Å². The first-order valence-corrected chi connectivity index (χ1v) is 7.58. The lowest BCUT2D eigenvalue weighted by Crippen LogP contribution is -2.15. The van der Waals surface area contributed by atoms with E-state index in [9.17, 15) is 0 Å². The summed E-state index contributed by atoms with van der Waals surface area (Å²) in [4.78, 5) is 2.93. The molecule has 0 spiro atoms. The molecular formula is C13H14N2O2S2.